The number of anilines is 1. The lowest BCUT2D eigenvalue weighted by molar-refractivity contribution is -0.137. The number of sulfone groups is 1. The van der Waals surface area contributed by atoms with E-state index in [9.17, 15) is 22.8 Å². The number of esters is 1. The molecule has 2 aromatic rings. The molecule has 34 heavy (non-hydrogen) atoms. The van der Waals surface area contributed by atoms with Crippen molar-refractivity contribution in [3.63, 3.8) is 0 Å². The number of hydrogen-bond donors (Lipinski definition) is 1. The number of thiazole rings is 1. The lowest BCUT2D eigenvalue weighted by Crippen LogP contribution is -2.18. The van der Waals surface area contributed by atoms with E-state index in [1.165, 1.54) is 5.38 Å². The second-order valence-corrected chi connectivity index (χ2v) is 11.5. The van der Waals surface area contributed by atoms with Gasteiger partial charge in [-0.1, -0.05) is 31.1 Å². The quantitative estimate of drug-likeness (QED) is 0.238. The molecule has 0 radical (unpaired) electrons. The number of benzene rings is 1. The molecule has 0 bridgehead atoms. The maximum Gasteiger partial charge on any atom is 0.381 e. The van der Waals surface area contributed by atoms with E-state index in [1.54, 1.807) is 31.2 Å². The van der Waals surface area contributed by atoms with Gasteiger partial charge in [0.2, 0.25) is 0 Å². The maximum absolute atomic E-state index is 13.2. The van der Waals surface area contributed by atoms with Crippen LogP contribution in [0.1, 0.15) is 61.5 Å². The summed E-state index contributed by atoms with van der Waals surface area (Å²) in [6.45, 7) is 1.68. The van der Waals surface area contributed by atoms with Crippen molar-refractivity contribution < 1.29 is 27.5 Å². The molecule has 0 atom stereocenters. The van der Waals surface area contributed by atoms with Gasteiger partial charge in [-0.3, -0.25) is 14.9 Å². The van der Waals surface area contributed by atoms with Gasteiger partial charge in [-0.15, -0.1) is 11.3 Å². The molecular weight excluding hydrogens is 476 g/mol. The summed E-state index contributed by atoms with van der Waals surface area (Å²) in [5, 5.41) is 3.99. The zero-order valence-electron chi connectivity index (χ0n) is 18.8. The maximum atomic E-state index is 13.2. The SMILES string of the molecule is CCOC(=O)C(=O)c1csc(NC(=O)C(=CC2CCCC2)c2ccc(S(=O)(=O)C3CC3)cc2)n1. The third-order valence-electron chi connectivity index (χ3n) is 5.92. The van der Waals surface area contributed by atoms with Crippen LogP contribution in [-0.4, -0.2) is 42.9 Å². The van der Waals surface area contributed by atoms with Crippen LogP contribution in [-0.2, 0) is 24.2 Å². The van der Waals surface area contributed by atoms with Crippen molar-refractivity contribution in [3.05, 3.63) is 47.0 Å². The molecule has 2 aliphatic carbocycles. The van der Waals surface area contributed by atoms with Crippen molar-refractivity contribution >= 4 is 49.5 Å². The lowest BCUT2D eigenvalue weighted by Gasteiger charge is -2.12. The number of ether oxygens (including phenoxy) is 1. The Labute approximate surface area is 202 Å². The van der Waals surface area contributed by atoms with E-state index in [2.05, 4.69) is 10.3 Å². The normalized spacial score (nSPS) is 16.9. The fourth-order valence-corrected chi connectivity index (χ4v) is 6.30. The van der Waals surface area contributed by atoms with E-state index in [0.717, 1.165) is 37.0 Å². The van der Waals surface area contributed by atoms with Crippen molar-refractivity contribution in [1.82, 2.24) is 4.98 Å². The number of allylic oxidation sites excluding steroid dienone is 1. The number of carbonyl (C=O) groups excluding carboxylic acids is 3. The van der Waals surface area contributed by atoms with E-state index in [-0.39, 0.29) is 33.5 Å². The van der Waals surface area contributed by atoms with Gasteiger partial charge in [-0.25, -0.2) is 18.2 Å². The highest BCUT2D eigenvalue weighted by Crippen LogP contribution is 2.34. The molecule has 1 N–H and O–H groups in total. The van der Waals surface area contributed by atoms with E-state index in [4.69, 9.17) is 4.74 Å². The molecule has 4 rings (SSSR count). The van der Waals surface area contributed by atoms with Crippen molar-refractivity contribution in [2.75, 3.05) is 11.9 Å². The van der Waals surface area contributed by atoms with Crippen LogP contribution in [0, 0.1) is 5.92 Å². The first-order chi connectivity index (χ1) is 16.3. The number of nitrogens with zero attached hydrogens (tertiary/aromatic N) is 1. The fourth-order valence-electron chi connectivity index (χ4n) is 3.96. The van der Waals surface area contributed by atoms with Crippen molar-refractivity contribution in [3.8, 4) is 0 Å². The van der Waals surface area contributed by atoms with Gasteiger partial charge in [-0.2, -0.15) is 0 Å². The lowest BCUT2D eigenvalue weighted by atomic mass is 9.98. The van der Waals surface area contributed by atoms with Crippen LogP contribution in [0.4, 0.5) is 5.13 Å². The zero-order valence-corrected chi connectivity index (χ0v) is 20.4. The Morgan fingerprint density at radius 2 is 1.79 bits per heavy atom. The highest BCUT2D eigenvalue weighted by Gasteiger charge is 2.36. The molecule has 2 aliphatic rings. The summed E-state index contributed by atoms with van der Waals surface area (Å²) in [5.74, 6) is -2.01. The van der Waals surface area contributed by atoms with Crippen molar-refractivity contribution in [1.29, 1.82) is 0 Å². The molecule has 2 fully saturated rings. The number of carbonyl (C=O) groups is 3. The summed E-state index contributed by atoms with van der Waals surface area (Å²) in [6, 6.07) is 6.43. The summed E-state index contributed by atoms with van der Waals surface area (Å²) >= 11 is 1.03. The van der Waals surface area contributed by atoms with Gasteiger partial charge < -0.3 is 4.74 Å². The minimum Gasteiger partial charge on any atom is -0.460 e. The van der Waals surface area contributed by atoms with Crippen LogP contribution in [0.5, 0.6) is 0 Å². The van der Waals surface area contributed by atoms with Gasteiger partial charge in [0.15, 0.2) is 15.0 Å². The number of nitrogens with one attached hydrogen (secondary N) is 1. The van der Waals surface area contributed by atoms with Gasteiger partial charge in [0.1, 0.15) is 5.69 Å². The molecule has 10 heteroatoms. The van der Waals surface area contributed by atoms with E-state index in [0.29, 0.717) is 24.0 Å². The molecule has 1 aromatic heterocycles. The van der Waals surface area contributed by atoms with Crippen LogP contribution in [0.2, 0.25) is 0 Å². The number of aromatic nitrogens is 1. The Bertz CT molecular complexity index is 1220. The number of Topliss-reactive ketones (excluding diaryl/α,β-unsaturated/α-hetero) is 1. The van der Waals surface area contributed by atoms with Crippen LogP contribution >= 0.6 is 11.3 Å². The van der Waals surface area contributed by atoms with E-state index in [1.807, 2.05) is 6.08 Å². The fraction of sp³-hybridized carbons (Fsp3) is 0.417. The average molecular weight is 503 g/mol. The molecule has 0 aliphatic heterocycles. The van der Waals surface area contributed by atoms with E-state index < -0.39 is 27.5 Å². The highest BCUT2D eigenvalue weighted by atomic mass is 32.2. The first kappa shape index (κ1) is 24.3. The first-order valence-electron chi connectivity index (χ1n) is 11.3. The van der Waals surface area contributed by atoms with Crippen LogP contribution in [0.3, 0.4) is 0 Å². The Morgan fingerprint density at radius 3 is 2.41 bits per heavy atom. The predicted octanol–water partition coefficient (Wildman–Crippen LogP) is 4.04. The molecule has 2 saturated carbocycles. The molecule has 0 unspecified atom stereocenters. The Hall–Kier alpha value is -2.85. The zero-order chi connectivity index (χ0) is 24.3. The standard InChI is InChI=1S/C24H26N2O6S2/c1-2-32-23(29)21(27)20-14-33-24(25-20)26-22(28)19(13-15-5-3-4-6-15)16-7-9-17(10-8-16)34(30,31)18-11-12-18/h7-10,13-15,18H,2-6,11-12H2,1H3,(H,25,26,28). The monoisotopic (exact) mass is 502 g/mol. The molecule has 1 amide bonds. The Morgan fingerprint density at radius 1 is 1.12 bits per heavy atom. The third-order valence-corrected chi connectivity index (χ3v) is 8.96. The topological polar surface area (TPSA) is 119 Å². The van der Waals surface area contributed by atoms with Crippen LogP contribution in [0.25, 0.3) is 5.57 Å². The second kappa shape index (κ2) is 10.2. The first-order valence-corrected chi connectivity index (χ1v) is 13.8. The van der Waals surface area contributed by atoms with Gasteiger partial charge in [0.05, 0.1) is 16.8 Å². The molecule has 180 valence electrons. The van der Waals surface area contributed by atoms with Crippen LogP contribution in [0.15, 0.2) is 40.6 Å². The third kappa shape index (κ3) is 5.44. The summed E-state index contributed by atoms with van der Waals surface area (Å²) in [4.78, 5) is 41.3. The molecule has 1 heterocycles. The highest BCUT2D eigenvalue weighted by molar-refractivity contribution is 7.92. The van der Waals surface area contributed by atoms with Gasteiger partial charge >= 0.3 is 5.97 Å². The Kier molecular flexibility index (Phi) is 7.27. The minimum atomic E-state index is -3.31. The average Bonchev–Trinajstić information content (AvgIpc) is 3.39. The number of hydrogen-bond acceptors (Lipinski definition) is 8. The summed E-state index contributed by atoms with van der Waals surface area (Å²) in [6.07, 6.45) is 7.48. The minimum absolute atomic E-state index is 0.0777. The molecule has 0 spiro atoms. The molecule has 0 saturated heterocycles. The predicted molar refractivity (Wildman–Crippen MR) is 128 cm³/mol. The molecule has 8 nitrogen and oxygen atoms in total. The van der Waals surface area contributed by atoms with Crippen LogP contribution < -0.4 is 5.32 Å². The molecule has 1 aromatic carbocycles. The largest absolute Gasteiger partial charge is 0.460 e. The summed E-state index contributed by atoms with van der Waals surface area (Å²) in [7, 11) is -3.31. The Balaban J connectivity index is 1.55. The number of ketones is 1. The second-order valence-electron chi connectivity index (χ2n) is 8.44. The number of rotatable bonds is 9. The van der Waals surface area contributed by atoms with Gasteiger partial charge in [-0.05, 0) is 56.2 Å². The van der Waals surface area contributed by atoms with Crippen molar-refractivity contribution in [2.24, 2.45) is 5.92 Å². The smallest absolute Gasteiger partial charge is 0.381 e. The van der Waals surface area contributed by atoms with Crippen molar-refractivity contribution in [2.45, 2.75) is 55.6 Å². The number of amides is 1. The summed E-state index contributed by atoms with van der Waals surface area (Å²) < 4.78 is 29.7. The van der Waals surface area contributed by atoms with Gasteiger partial charge in [0, 0.05) is 11.0 Å². The summed E-state index contributed by atoms with van der Waals surface area (Å²) in [5.41, 5.74) is 0.948. The van der Waals surface area contributed by atoms with E-state index >= 15 is 0 Å². The molecular formula is C24H26N2O6S2. The van der Waals surface area contributed by atoms with Gasteiger partial charge in [0.25, 0.3) is 11.7 Å².